The van der Waals surface area contributed by atoms with Gasteiger partial charge in [-0.1, -0.05) is 146 Å². The first-order valence-electron chi connectivity index (χ1n) is 13.6. The molecule has 194 valence electrons. The fourth-order valence-corrected chi connectivity index (χ4v) is 10.1. The van der Waals surface area contributed by atoms with Gasteiger partial charge in [0.2, 0.25) is 0 Å². The topological polar surface area (TPSA) is 43.4 Å². The molecule has 0 N–H and O–H groups in total. The molecule has 5 aromatic carbocycles. The first kappa shape index (κ1) is 23.6. The van der Waals surface area contributed by atoms with Crippen molar-refractivity contribution >= 4 is 14.7 Å². The Balaban J connectivity index is 1.57. The Hall–Kier alpha value is -4.25. The predicted molar refractivity (Wildman–Crippen MR) is 157 cm³/mol. The zero-order chi connectivity index (χ0) is 27.0. The minimum Gasteiger partial charge on any atom is -0.347 e. The van der Waals surface area contributed by atoms with Crippen LogP contribution in [0.15, 0.2) is 152 Å². The van der Waals surface area contributed by atoms with Gasteiger partial charge in [0.1, 0.15) is 15.9 Å². The van der Waals surface area contributed by atoms with Crippen molar-refractivity contribution in [2.45, 2.75) is 21.9 Å². The molecule has 8 rings (SSSR count). The van der Waals surface area contributed by atoms with Gasteiger partial charge in [0.15, 0.2) is 9.84 Å². The van der Waals surface area contributed by atoms with Crippen LogP contribution in [0.5, 0.6) is 0 Å². The molecule has 2 bridgehead atoms. The standard InChI is InChI=1S/C36H26O3S/c37-40(38)32(26-15-5-1-6-16-26)25-34(40)33(27-17-7-2-8-18-27)35(28-19-9-3-10-20-28)30-23-13-14-24-31(30)36(34,39-35)29-21-11-4-12-22-29/h1-25,33H. The molecule has 4 atom stereocenters. The highest BCUT2D eigenvalue weighted by molar-refractivity contribution is 8.03. The van der Waals surface area contributed by atoms with Gasteiger partial charge in [-0.15, -0.1) is 0 Å². The van der Waals surface area contributed by atoms with Gasteiger partial charge >= 0.3 is 0 Å². The molecule has 5 aromatic rings. The molecule has 4 unspecified atom stereocenters. The van der Waals surface area contributed by atoms with Gasteiger partial charge < -0.3 is 4.74 Å². The predicted octanol–water partition coefficient (Wildman–Crippen LogP) is 7.21. The summed E-state index contributed by atoms with van der Waals surface area (Å²) in [5.74, 6) is -0.531. The fourth-order valence-electron chi connectivity index (χ4n) is 7.63. The third kappa shape index (κ3) is 2.61. The maximum atomic E-state index is 15.2. The summed E-state index contributed by atoms with van der Waals surface area (Å²) in [6, 6.07) is 47.7. The van der Waals surface area contributed by atoms with Crippen LogP contribution in [0, 0.1) is 0 Å². The van der Waals surface area contributed by atoms with Gasteiger partial charge in [0.05, 0.1) is 4.91 Å². The van der Waals surface area contributed by atoms with Crippen LogP contribution in [0.3, 0.4) is 0 Å². The second-order valence-electron chi connectivity index (χ2n) is 10.8. The SMILES string of the molecule is O=S1(=O)C(c2ccccc2)=CC12C(c1ccccc1)C1(c3ccccc3)OC2(c2ccccc2)c2ccccc21. The first-order valence-corrected chi connectivity index (χ1v) is 15.0. The number of ether oxygens (including phenoxy) is 1. The summed E-state index contributed by atoms with van der Waals surface area (Å²) in [7, 11) is -3.90. The summed E-state index contributed by atoms with van der Waals surface area (Å²) in [5, 5.41) is 0. The highest BCUT2D eigenvalue weighted by Gasteiger charge is 2.84. The molecule has 3 aliphatic rings. The highest BCUT2D eigenvalue weighted by Crippen LogP contribution is 2.78. The van der Waals surface area contributed by atoms with Crippen LogP contribution < -0.4 is 0 Å². The molecular formula is C36H26O3S. The maximum absolute atomic E-state index is 15.2. The molecule has 1 saturated heterocycles. The first-order chi connectivity index (χ1) is 19.6. The van der Waals surface area contributed by atoms with E-state index in [1.165, 1.54) is 0 Å². The van der Waals surface area contributed by atoms with E-state index in [1.54, 1.807) is 0 Å². The molecule has 0 aliphatic carbocycles. The average molecular weight is 539 g/mol. The minimum atomic E-state index is -3.90. The van der Waals surface area contributed by atoms with Gasteiger partial charge in [-0.25, -0.2) is 8.42 Å². The van der Waals surface area contributed by atoms with Crippen molar-refractivity contribution in [3.8, 4) is 0 Å². The third-order valence-electron chi connectivity index (χ3n) is 9.06. The molecule has 1 spiro atoms. The lowest BCUT2D eigenvalue weighted by Crippen LogP contribution is -2.62. The van der Waals surface area contributed by atoms with Crippen LogP contribution in [0.4, 0.5) is 0 Å². The zero-order valence-corrected chi connectivity index (χ0v) is 22.5. The number of sulfone groups is 1. The van der Waals surface area contributed by atoms with E-state index in [-0.39, 0.29) is 0 Å². The molecule has 0 amide bonds. The van der Waals surface area contributed by atoms with E-state index < -0.39 is 31.7 Å². The molecule has 1 fully saturated rings. The van der Waals surface area contributed by atoms with Crippen molar-refractivity contribution in [3.05, 3.63) is 185 Å². The normalized spacial score (nSPS) is 29.0. The van der Waals surface area contributed by atoms with Crippen molar-refractivity contribution in [1.82, 2.24) is 0 Å². The molecule has 40 heavy (non-hydrogen) atoms. The number of hydrogen-bond donors (Lipinski definition) is 0. The van der Waals surface area contributed by atoms with Crippen molar-refractivity contribution in [3.63, 3.8) is 0 Å². The van der Waals surface area contributed by atoms with Gasteiger partial charge in [-0.05, 0) is 39.5 Å². The summed E-state index contributed by atoms with van der Waals surface area (Å²) in [5.41, 5.74) is 3.07. The second-order valence-corrected chi connectivity index (χ2v) is 12.9. The molecule has 3 aliphatic heterocycles. The maximum Gasteiger partial charge on any atom is 0.192 e. The Kier molecular flexibility index (Phi) is 4.80. The molecule has 3 nitrogen and oxygen atoms in total. The fraction of sp³-hybridized carbons (Fsp3) is 0.111. The Bertz CT molecular complexity index is 1890. The quantitative estimate of drug-likeness (QED) is 0.243. The van der Waals surface area contributed by atoms with E-state index in [4.69, 9.17) is 4.74 Å². The van der Waals surface area contributed by atoms with E-state index in [2.05, 4.69) is 24.3 Å². The van der Waals surface area contributed by atoms with E-state index in [9.17, 15) is 0 Å². The molecule has 0 aromatic heterocycles. The van der Waals surface area contributed by atoms with Gasteiger partial charge in [0.25, 0.3) is 0 Å². The Morgan fingerprint density at radius 3 is 1.65 bits per heavy atom. The van der Waals surface area contributed by atoms with Crippen LogP contribution in [-0.2, 0) is 25.8 Å². The van der Waals surface area contributed by atoms with Crippen molar-refractivity contribution in [1.29, 1.82) is 0 Å². The lowest BCUT2D eigenvalue weighted by Gasteiger charge is -2.53. The number of benzene rings is 5. The summed E-state index contributed by atoms with van der Waals surface area (Å²) in [6.45, 7) is 0. The van der Waals surface area contributed by atoms with E-state index in [0.29, 0.717) is 10.5 Å². The van der Waals surface area contributed by atoms with Crippen LogP contribution in [0.2, 0.25) is 0 Å². The van der Waals surface area contributed by atoms with Crippen LogP contribution >= 0.6 is 0 Å². The third-order valence-corrected chi connectivity index (χ3v) is 11.5. The smallest absolute Gasteiger partial charge is 0.192 e. The molecule has 4 heteroatoms. The number of rotatable bonds is 4. The largest absolute Gasteiger partial charge is 0.347 e. The van der Waals surface area contributed by atoms with Gasteiger partial charge in [-0.3, -0.25) is 0 Å². The monoisotopic (exact) mass is 538 g/mol. The molecular weight excluding hydrogens is 512 g/mol. The van der Waals surface area contributed by atoms with Crippen LogP contribution in [0.25, 0.3) is 4.91 Å². The molecule has 3 heterocycles. The van der Waals surface area contributed by atoms with Gasteiger partial charge in [-0.2, -0.15) is 0 Å². The Labute approximate surface area is 234 Å². The van der Waals surface area contributed by atoms with Crippen molar-refractivity contribution in [2.24, 2.45) is 0 Å². The summed E-state index contributed by atoms with van der Waals surface area (Å²) >= 11 is 0. The molecule has 0 saturated carbocycles. The summed E-state index contributed by atoms with van der Waals surface area (Å²) < 4.78 is 36.5. The van der Waals surface area contributed by atoms with E-state index in [0.717, 1.165) is 27.8 Å². The number of hydrogen-bond acceptors (Lipinski definition) is 3. The van der Waals surface area contributed by atoms with Gasteiger partial charge in [0, 0.05) is 5.92 Å². The van der Waals surface area contributed by atoms with Crippen LogP contribution in [0.1, 0.15) is 39.3 Å². The van der Waals surface area contributed by atoms with Crippen molar-refractivity contribution < 1.29 is 13.2 Å². The summed E-state index contributed by atoms with van der Waals surface area (Å²) in [6.07, 6.45) is 2.00. The Morgan fingerprint density at radius 2 is 1.05 bits per heavy atom. The van der Waals surface area contributed by atoms with Crippen LogP contribution in [-0.4, -0.2) is 13.2 Å². The highest BCUT2D eigenvalue weighted by atomic mass is 32.2. The zero-order valence-electron chi connectivity index (χ0n) is 21.6. The Morgan fingerprint density at radius 1 is 0.550 bits per heavy atom. The van der Waals surface area contributed by atoms with E-state index in [1.807, 2.05) is 127 Å². The van der Waals surface area contributed by atoms with Crippen molar-refractivity contribution in [2.75, 3.05) is 0 Å². The number of fused-ring (bicyclic) bond motifs is 6. The lowest BCUT2D eigenvalue weighted by molar-refractivity contribution is -0.0478. The van der Waals surface area contributed by atoms with E-state index >= 15 is 8.42 Å². The lowest BCUT2D eigenvalue weighted by atomic mass is 9.57. The molecule has 0 radical (unpaired) electrons. The summed E-state index contributed by atoms with van der Waals surface area (Å²) in [4.78, 5) is 0.362. The second kappa shape index (κ2) is 8.14. The average Bonchev–Trinajstić information content (AvgIpc) is 3.50. The minimum absolute atomic E-state index is 0.362.